The molecule has 0 radical (unpaired) electrons. The number of azo groups is 1. The second kappa shape index (κ2) is 8.70. The van der Waals surface area contributed by atoms with E-state index in [4.69, 9.17) is 15.6 Å². The highest BCUT2D eigenvalue weighted by molar-refractivity contribution is 7.91. The van der Waals surface area contributed by atoms with Gasteiger partial charge in [-0.05, 0) is 35.7 Å². The molecule has 5 N–H and O–H groups in total. The van der Waals surface area contributed by atoms with E-state index in [0.717, 1.165) is 12.1 Å². The summed E-state index contributed by atoms with van der Waals surface area (Å²) in [7, 11) is -6.97. The van der Waals surface area contributed by atoms with Crippen LogP contribution in [-0.2, 0) is 20.0 Å². The smallest absolute Gasteiger partial charge is 0.294 e. The Morgan fingerprint density at radius 3 is 2.34 bits per heavy atom. The normalized spacial score (nSPS) is 12.5. The summed E-state index contributed by atoms with van der Waals surface area (Å²) < 4.78 is 61.8. The molecule has 0 atom stereocenters. The number of aliphatic hydroxyl groups is 1. The number of benzene rings is 3. The highest BCUT2D eigenvalue weighted by Crippen LogP contribution is 2.41. The van der Waals surface area contributed by atoms with Gasteiger partial charge in [0.05, 0.1) is 40.3 Å². The van der Waals surface area contributed by atoms with Crippen LogP contribution in [0, 0.1) is 0 Å². The number of hydrogen-bond donors (Lipinski definition) is 4. The van der Waals surface area contributed by atoms with E-state index in [2.05, 4.69) is 10.2 Å². The molecule has 0 amide bonds. The van der Waals surface area contributed by atoms with Crippen molar-refractivity contribution in [2.75, 3.05) is 25.2 Å². The van der Waals surface area contributed by atoms with Crippen molar-refractivity contribution in [3.63, 3.8) is 0 Å². The van der Waals surface area contributed by atoms with Gasteiger partial charge in [0.25, 0.3) is 10.1 Å². The van der Waals surface area contributed by atoms with Crippen LogP contribution in [0.25, 0.3) is 10.8 Å². The van der Waals surface area contributed by atoms with Gasteiger partial charge in [0.2, 0.25) is 0 Å². The first kappa shape index (κ1) is 23.4. The Labute approximate surface area is 183 Å². The van der Waals surface area contributed by atoms with Crippen molar-refractivity contribution in [1.82, 2.24) is 0 Å². The molecule has 0 aromatic heterocycles. The van der Waals surface area contributed by atoms with Crippen LogP contribution in [0.5, 0.6) is 11.5 Å². The zero-order valence-corrected chi connectivity index (χ0v) is 18.3. The van der Waals surface area contributed by atoms with Gasteiger partial charge in [0.1, 0.15) is 22.9 Å². The lowest BCUT2D eigenvalue weighted by atomic mass is 10.1. The monoisotopic (exact) mass is 481 g/mol. The second-order valence-electron chi connectivity index (χ2n) is 6.60. The summed E-state index contributed by atoms with van der Waals surface area (Å²) in [5.41, 5.74) is 6.09. The van der Waals surface area contributed by atoms with Crippen molar-refractivity contribution >= 4 is 47.8 Å². The molecule has 13 heteroatoms. The zero-order valence-electron chi connectivity index (χ0n) is 16.6. The number of nitrogens with two attached hydrogens (primary N) is 1. The van der Waals surface area contributed by atoms with Gasteiger partial charge in [-0.2, -0.15) is 8.42 Å². The summed E-state index contributed by atoms with van der Waals surface area (Å²) >= 11 is 0. The summed E-state index contributed by atoms with van der Waals surface area (Å²) in [6, 6.07) is 8.71. The number of nitrogen functional groups attached to an aromatic ring is 1. The molecule has 0 saturated heterocycles. The Kier molecular flexibility index (Phi) is 6.37. The van der Waals surface area contributed by atoms with E-state index in [1.807, 2.05) is 0 Å². The maximum absolute atomic E-state index is 12.2. The topological polar surface area (TPSA) is 189 Å². The third-order valence-corrected chi connectivity index (χ3v) is 7.02. The fourth-order valence-corrected chi connectivity index (χ4v) is 4.53. The van der Waals surface area contributed by atoms with Crippen molar-refractivity contribution in [1.29, 1.82) is 0 Å². The van der Waals surface area contributed by atoms with Crippen LogP contribution in [0.2, 0.25) is 0 Å². The molecule has 0 heterocycles. The average Bonchev–Trinajstić information content (AvgIpc) is 2.72. The number of phenolic OH excluding ortho intramolecular Hbond substituents is 1. The Balaban J connectivity index is 2.18. The van der Waals surface area contributed by atoms with E-state index in [0.29, 0.717) is 0 Å². The molecule has 11 nitrogen and oxygen atoms in total. The number of nitrogens with zero attached hydrogens (tertiary/aromatic N) is 2. The molecule has 3 rings (SSSR count). The lowest BCUT2D eigenvalue weighted by molar-refractivity contribution is 0.319. The lowest BCUT2D eigenvalue weighted by Crippen LogP contribution is -2.09. The van der Waals surface area contributed by atoms with Crippen LogP contribution in [0.15, 0.2) is 62.5 Å². The van der Waals surface area contributed by atoms with Gasteiger partial charge in [0.15, 0.2) is 9.84 Å². The molecule has 3 aromatic rings. The summed E-state index contributed by atoms with van der Waals surface area (Å²) in [4.78, 5) is -0.619. The Bertz CT molecular complexity index is 1430. The van der Waals surface area contributed by atoms with Crippen molar-refractivity contribution < 1.29 is 36.3 Å². The van der Waals surface area contributed by atoms with Crippen LogP contribution in [-0.4, -0.2) is 51.1 Å². The molecular formula is C19H19N3O8S2. The van der Waals surface area contributed by atoms with Gasteiger partial charge >= 0.3 is 0 Å². The summed E-state index contributed by atoms with van der Waals surface area (Å²) in [5, 5.41) is 27.7. The maximum atomic E-state index is 12.2. The molecule has 0 fully saturated rings. The minimum absolute atomic E-state index is 0.00689. The maximum Gasteiger partial charge on any atom is 0.294 e. The van der Waals surface area contributed by atoms with Gasteiger partial charge < -0.3 is 20.7 Å². The largest absolute Gasteiger partial charge is 0.507 e. The number of fused-ring (bicyclic) bond motifs is 1. The quantitative estimate of drug-likeness (QED) is 0.223. The SMILES string of the molecule is COc1ccc(S(=O)(=O)CCO)cc1N=Nc1c(N)ccc2cc(S(=O)(=O)O)cc(O)c12. The molecule has 3 aromatic carbocycles. The molecule has 0 unspecified atom stereocenters. The first-order valence-electron chi connectivity index (χ1n) is 8.94. The Morgan fingerprint density at radius 2 is 1.72 bits per heavy atom. The second-order valence-corrected chi connectivity index (χ2v) is 10.1. The number of aromatic hydroxyl groups is 1. The van der Waals surface area contributed by atoms with Crippen LogP contribution in [0.4, 0.5) is 17.1 Å². The molecule has 32 heavy (non-hydrogen) atoms. The fraction of sp³-hybridized carbons (Fsp3) is 0.158. The van der Waals surface area contributed by atoms with Crippen molar-refractivity contribution in [2.45, 2.75) is 9.79 Å². The van der Waals surface area contributed by atoms with Crippen molar-refractivity contribution in [3.8, 4) is 11.5 Å². The first-order valence-corrected chi connectivity index (χ1v) is 12.0. The predicted octanol–water partition coefficient (Wildman–Crippen LogP) is 2.56. The van der Waals surface area contributed by atoms with Gasteiger partial charge in [-0.25, -0.2) is 8.42 Å². The zero-order chi connectivity index (χ0) is 23.7. The molecule has 0 bridgehead atoms. The van der Waals surface area contributed by atoms with Gasteiger partial charge in [-0.15, -0.1) is 10.2 Å². The van der Waals surface area contributed by atoms with Gasteiger partial charge in [0, 0.05) is 6.07 Å². The third-order valence-electron chi connectivity index (χ3n) is 4.50. The van der Waals surface area contributed by atoms with Crippen molar-refractivity contribution in [3.05, 3.63) is 42.5 Å². The van der Waals surface area contributed by atoms with E-state index in [1.54, 1.807) is 0 Å². The average molecular weight is 482 g/mol. The third kappa shape index (κ3) is 4.65. The van der Waals surface area contributed by atoms with Crippen LogP contribution < -0.4 is 10.5 Å². The minimum Gasteiger partial charge on any atom is -0.507 e. The van der Waals surface area contributed by atoms with E-state index in [1.165, 1.54) is 37.4 Å². The number of ether oxygens (including phenoxy) is 1. The Hall–Kier alpha value is -3.26. The molecule has 170 valence electrons. The molecule has 0 aliphatic heterocycles. The van der Waals surface area contributed by atoms with E-state index < -0.39 is 43.0 Å². The van der Waals surface area contributed by atoms with Gasteiger partial charge in [-0.3, -0.25) is 4.55 Å². The highest BCUT2D eigenvalue weighted by Gasteiger charge is 2.18. The number of hydrogen-bond acceptors (Lipinski definition) is 10. The van der Waals surface area contributed by atoms with E-state index in [-0.39, 0.29) is 38.5 Å². The molecule has 0 spiro atoms. The Morgan fingerprint density at radius 1 is 1.00 bits per heavy atom. The van der Waals surface area contributed by atoms with Crippen LogP contribution in [0.3, 0.4) is 0 Å². The molecule has 0 saturated carbocycles. The number of phenols is 1. The summed E-state index contributed by atoms with van der Waals surface area (Å²) in [6.45, 7) is -0.553. The minimum atomic E-state index is -4.56. The van der Waals surface area contributed by atoms with Crippen molar-refractivity contribution in [2.24, 2.45) is 10.2 Å². The number of anilines is 1. The standard InChI is InChI=1S/C19H19N3O8S2/c1-30-17-5-3-12(31(25,26)7-6-23)9-15(17)21-22-19-14(20)4-2-11-8-13(32(27,28)29)10-16(24)18(11)19/h2-5,8-10,23-24H,6-7,20H2,1H3,(H,27,28,29). The fourth-order valence-electron chi connectivity index (χ4n) is 2.95. The number of methoxy groups -OCH3 is 1. The molecular weight excluding hydrogens is 462 g/mol. The summed E-state index contributed by atoms with van der Waals surface area (Å²) in [5.74, 6) is -0.785. The predicted molar refractivity (Wildman–Crippen MR) is 116 cm³/mol. The lowest BCUT2D eigenvalue weighted by Gasteiger charge is -2.10. The molecule has 0 aliphatic rings. The molecule has 0 aliphatic carbocycles. The van der Waals surface area contributed by atoms with Crippen LogP contribution >= 0.6 is 0 Å². The van der Waals surface area contributed by atoms with Crippen LogP contribution in [0.1, 0.15) is 0 Å². The summed E-state index contributed by atoms with van der Waals surface area (Å²) in [6.07, 6.45) is 0. The number of rotatable bonds is 7. The van der Waals surface area contributed by atoms with E-state index in [9.17, 15) is 26.5 Å². The van der Waals surface area contributed by atoms with Gasteiger partial charge in [-0.1, -0.05) is 6.07 Å². The van der Waals surface area contributed by atoms with E-state index >= 15 is 0 Å². The number of sulfone groups is 1. The number of aliphatic hydroxyl groups excluding tert-OH is 1. The highest BCUT2D eigenvalue weighted by atomic mass is 32.2. The first-order chi connectivity index (χ1) is 15.0.